The Bertz CT molecular complexity index is 657. The Morgan fingerprint density at radius 3 is 2.82 bits per heavy atom. The van der Waals surface area contributed by atoms with Gasteiger partial charge in [-0.25, -0.2) is 4.98 Å². The average Bonchev–Trinajstić information content (AvgIpc) is 3.25. The first-order valence-electron chi connectivity index (χ1n) is 7.49. The normalized spacial score (nSPS) is 26.3. The van der Waals surface area contributed by atoms with Gasteiger partial charge < -0.3 is 15.1 Å². The molecular weight excluding hydrogens is 298 g/mol. The number of amides is 1. The molecule has 2 heterocycles. The van der Waals surface area contributed by atoms with E-state index in [2.05, 4.69) is 15.6 Å². The molecule has 114 valence electrons. The predicted molar refractivity (Wildman–Crippen MR) is 82.8 cm³/mol. The Morgan fingerprint density at radius 1 is 1.32 bits per heavy atom. The maximum Gasteiger partial charge on any atom is 0.260 e. The maximum atomic E-state index is 12.3. The number of piperidine rings is 1. The van der Waals surface area contributed by atoms with E-state index in [1.54, 1.807) is 12.5 Å². The molecule has 2 aliphatic rings. The summed E-state index contributed by atoms with van der Waals surface area (Å²) in [4.78, 5) is 17.4. The fourth-order valence-corrected chi connectivity index (χ4v) is 3.99. The summed E-state index contributed by atoms with van der Waals surface area (Å²) < 4.78 is 5.20. The van der Waals surface area contributed by atoms with Crippen molar-refractivity contribution in [1.82, 2.24) is 15.6 Å². The van der Waals surface area contributed by atoms with Crippen LogP contribution in [0.15, 0.2) is 51.3 Å². The number of benzene rings is 1. The van der Waals surface area contributed by atoms with E-state index in [-0.39, 0.29) is 5.91 Å². The highest BCUT2D eigenvalue weighted by Crippen LogP contribution is 2.31. The second-order valence-corrected chi connectivity index (χ2v) is 6.87. The van der Waals surface area contributed by atoms with Gasteiger partial charge in [0.25, 0.3) is 11.1 Å². The molecule has 1 aliphatic heterocycles. The van der Waals surface area contributed by atoms with Crippen molar-refractivity contribution in [2.45, 2.75) is 35.0 Å². The zero-order valence-electron chi connectivity index (χ0n) is 12.0. The fraction of sp³-hybridized carbons (Fsp3) is 0.375. The molecule has 1 aliphatic carbocycles. The number of nitrogens with zero attached hydrogens (tertiary/aromatic N) is 1. The summed E-state index contributed by atoms with van der Waals surface area (Å²) in [7, 11) is 0. The van der Waals surface area contributed by atoms with E-state index >= 15 is 0 Å². The van der Waals surface area contributed by atoms with Gasteiger partial charge in [-0.05, 0) is 54.8 Å². The molecule has 2 fully saturated rings. The highest BCUT2D eigenvalue weighted by atomic mass is 32.2. The van der Waals surface area contributed by atoms with Crippen LogP contribution in [-0.4, -0.2) is 29.5 Å². The molecule has 2 N–H and O–H groups in total. The van der Waals surface area contributed by atoms with Crippen molar-refractivity contribution in [3.8, 4) is 0 Å². The molecule has 5 nitrogen and oxygen atoms in total. The minimum absolute atomic E-state index is 0.0187. The number of fused-ring (bicyclic) bond motifs is 2. The smallest absolute Gasteiger partial charge is 0.260 e. The Morgan fingerprint density at radius 2 is 2.18 bits per heavy atom. The van der Waals surface area contributed by atoms with Gasteiger partial charge in [-0.3, -0.25) is 4.79 Å². The molecule has 22 heavy (non-hydrogen) atoms. The summed E-state index contributed by atoms with van der Waals surface area (Å²) in [6.07, 6.45) is 5.41. The fourth-order valence-electron chi connectivity index (χ4n) is 3.30. The zero-order valence-corrected chi connectivity index (χ0v) is 12.8. The van der Waals surface area contributed by atoms with Crippen LogP contribution in [0.25, 0.3) is 0 Å². The molecule has 1 amide bonds. The van der Waals surface area contributed by atoms with Crippen molar-refractivity contribution in [1.29, 1.82) is 0 Å². The quantitative estimate of drug-likeness (QED) is 0.906. The summed E-state index contributed by atoms with van der Waals surface area (Å²) >= 11 is 1.44. The molecule has 3 unspecified atom stereocenters. The summed E-state index contributed by atoms with van der Waals surface area (Å²) in [6.45, 7) is 1.03. The molecule has 0 spiro atoms. The Hall–Kier alpha value is -1.79. The van der Waals surface area contributed by atoms with Crippen LogP contribution in [0.2, 0.25) is 0 Å². The minimum atomic E-state index is 0.0187. The molecule has 2 bridgehead atoms. The molecule has 1 saturated carbocycles. The first kappa shape index (κ1) is 13.8. The standard InChI is InChI=1S/C16H17N3O2S/c20-15(19-14-8-12-7-11(14)9-18-12)10-1-3-13(4-2-10)22-16-17-5-6-21-16/h1-6,11-12,14,18H,7-9H2,(H,19,20). The molecule has 2 aromatic rings. The van der Waals surface area contributed by atoms with Crippen LogP contribution in [0.1, 0.15) is 23.2 Å². The second-order valence-electron chi connectivity index (χ2n) is 5.84. The zero-order chi connectivity index (χ0) is 14.9. The van der Waals surface area contributed by atoms with Crippen molar-refractivity contribution in [2.75, 3.05) is 6.54 Å². The third-order valence-corrected chi connectivity index (χ3v) is 5.30. The molecule has 0 radical (unpaired) electrons. The van der Waals surface area contributed by atoms with Crippen molar-refractivity contribution in [3.63, 3.8) is 0 Å². The van der Waals surface area contributed by atoms with Crippen molar-refractivity contribution in [3.05, 3.63) is 42.3 Å². The Balaban J connectivity index is 1.38. The van der Waals surface area contributed by atoms with Gasteiger partial charge in [-0.15, -0.1) is 0 Å². The van der Waals surface area contributed by atoms with Crippen LogP contribution in [0.4, 0.5) is 0 Å². The summed E-state index contributed by atoms with van der Waals surface area (Å²) in [5.74, 6) is 0.610. The van der Waals surface area contributed by atoms with Crippen LogP contribution in [0, 0.1) is 5.92 Å². The number of aromatic nitrogens is 1. The number of nitrogens with one attached hydrogen (secondary N) is 2. The number of carbonyl (C=O) groups is 1. The monoisotopic (exact) mass is 315 g/mol. The van der Waals surface area contributed by atoms with Gasteiger partial charge in [-0.1, -0.05) is 0 Å². The van der Waals surface area contributed by atoms with E-state index < -0.39 is 0 Å². The lowest BCUT2D eigenvalue weighted by atomic mass is 10.0. The largest absolute Gasteiger partial charge is 0.440 e. The summed E-state index contributed by atoms with van der Waals surface area (Å²) in [5.41, 5.74) is 0.701. The van der Waals surface area contributed by atoms with Crippen molar-refractivity contribution in [2.24, 2.45) is 5.92 Å². The van der Waals surface area contributed by atoms with E-state index in [0.717, 1.165) is 17.9 Å². The average molecular weight is 315 g/mol. The van der Waals surface area contributed by atoms with Crippen molar-refractivity contribution >= 4 is 17.7 Å². The van der Waals surface area contributed by atoms with E-state index in [4.69, 9.17) is 4.42 Å². The topological polar surface area (TPSA) is 67.2 Å². The molecule has 1 saturated heterocycles. The molecule has 1 aromatic carbocycles. The molecule has 4 rings (SSSR count). The number of rotatable bonds is 4. The van der Waals surface area contributed by atoms with Gasteiger partial charge in [0, 0.05) is 29.1 Å². The molecule has 3 atom stereocenters. The predicted octanol–water partition coefficient (Wildman–Crippen LogP) is 2.31. The van der Waals surface area contributed by atoms with Crippen LogP contribution < -0.4 is 10.6 Å². The third kappa shape index (κ3) is 2.76. The van der Waals surface area contributed by atoms with Gasteiger partial charge >= 0.3 is 0 Å². The van der Waals surface area contributed by atoms with Gasteiger partial charge in [0.1, 0.15) is 6.26 Å². The lowest BCUT2D eigenvalue weighted by molar-refractivity contribution is 0.0925. The number of hydrogen-bond acceptors (Lipinski definition) is 5. The van der Waals surface area contributed by atoms with E-state index in [9.17, 15) is 4.79 Å². The van der Waals surface area contributed by atoms with Crippen LogP contribution >= 0.6 is 11.8 Å². The lowest BCUT2D eigenvalue weighted by Gasteiger charge is -2.23. The van der Waals surface area contributed by atoms with Crippen LogP contribution in [0.3, 0.4) is 0 Å². The van der Waals surface area contributed by atoms with Crippen LogP contribution in [0.5, 0.6) is 0 Å². The van der Waals surface area contributed by atoms with Crippen molar-refractivity contribution < 1.29 is 9.21 Å². The third-order valence-electron chi connectivity index (χ3n) is 4.41. The van der Waals surface area contributed by atoms with E-state index in [0.29, 0.717) is 28.8 Å². The minimum Gasteiger partial charge on any atom is -0.440 e. The SMILES string of the molecule is O=C(NC1CC2CC1CN2)c1ccc(Sc2ncco2)cc1. The van der Waals surface area contributed by atoms with Gasteiger partial charge in [0.2, 0.25) is 0 Å². The summed E-state index contributed by atoms with van der Waals surface area (Å²) in [5, 5.41) is 7.24. The highest BCUT2D eigenvalue weighted by molar-refractivity contribution is 7.99. The first-order valence-corrected chi connectivity index (χ1v) is 8.31. The van der Waals surface area contributed by atoms with Gasteiger partial charge in [0.15, 0.2) is 0 Å². The molecular formula is C16H17N3O2S. The van der Waals surface area contributed by atoms with Gasteiger partial charge in [-0.2, -0.15) is 0 Å². The number of oxazole rings is 1. The second kappa shape index (κ2) is 5.78. The molecule has 6 heteroatoms. The Kier molecular flexibility index (Phi) is 3.63. The highest BCUT2D eigenvalue weighted by Gasteiger charge is 2.39. The lowest BCUT2D eigenvalue weighted by Crippen LogP contribution is -2.44. The maximum absolute atomic E-state index is 12.3. The first-order chi connectivity index (χ1) is 10.8. The number of hydrogen-bond donors (Lipinski definition) is 2. The van der Waals surface area contributed by atoms with E-state index in [1.807, 2.05) is 24.3 Å². The molecule has 1 aromatic heterocycles. The summed E-state index contributed by atoms with van der Waals surface area (Å²) in [6, 6.07) is 8.46. The number of carbonyl (C=O) groups excluding carboxylic acids is 1. The Labute approximate surface area is 132 Å². The van der Waals surface area contributed by atoms with Gasteiger partial charge in [0.05, 0.1) is 6.20 Å². The van der Waals surface area contributed by atoms with E-state index in [1.165, 1.54) is 18.2 Å². The van der Waals surface area contributed by atoms with Crippen LogP contribution in [-0.2, 0) is 0 Å².